The molecule has 6 nitrogen and oxygen atoms in total. The molecule has 0 atom stereocenters. The lowest BCUT2D eigenvalue weighted by atomic mass is 10.1. The van der Waals surface area contributed by atoms with Crippen LogP contribution >= 0.6 is 0 Å². The minimum atomic E-state index is -0.281. The third kappa shape index (κ3) is 2.82. The number of carbonyl (C=O) groups is 1. The van der Waals surface area contributed by atoms with Gasteiger partial charge in [-0.25, -0.2) is 0 Å². The maximum absolute atomic E-state index is 12.5. The lowest BCUT2D eigenvalue weighted by Crippen LogP contribution is -2.05. The smallest absolute Gasteiger partial charge is 0.193 e. The number of methoxy groups -OCH3 is 3. The largest absolute Gasteiger partial charge is 0.497 e. The Bertz CT molecular complexity index is 985. The van der Waals surface area contributed by atoms with Crippen LogP contribution in [0.5, 0.6) is 17.2 Å². The Kier molecular flexibility index (Phi) is 4.43. The van der Waals surface area contributed by atoms with Gasteiger partial charge in [-0.15, -0.1) is 0 Å². The Labute approximate surface area is 143 Å². The van der Waals surface area contributed by atoms with Gasteiger partial charge in [0.2, 0.25) is 0 Å². The Morgan fingerprint density at radius 3 is 2.24 bits per heavy atom. The van der Waals surface area contributed by atoms with Gasteiger partial charge < -0.3 is 18.6 Å². The fourth-order valence-electron chi connectivity index (χ4n) is 2.64. The van der Waals surface area contributed by atoms with Crippen LogP contribution in [0.4, 0.5) is 0 Å². The van der Waals surface area contributed by atoms with Gasteiger partial charge in [-0.2, -0.15) is 0 Å². The third-order valence-electron chi connectivity index (χ3n) is 3.89. The second-order valence-corrected chi connectivity index (χ2v) is 5.22. The molecule has 0 radical (unpaired) electrons. The predicted octanol–water partition coefficient (Wildman–Crippen LogP) is 3.30. The van der Waals surface area contributed by atoms with Crippen LogP contribution in [0.1, 0.15) is 10.4 Å². The van der Waals surface area contributed by atoms with Crippen molar-refractivity contribution in [1.29, 1.82) is 0 Å². The van der Waals surface area contributed by atoms with Crippen molar-refractivity contribution in [2.45, 2.75) is 0 Å². The summed E-state index contributed by atoms with van der Waals surface area (Å²) in [5, 5.41) is 0.247. The van der Waals surface area contributed by atoms with Crippen molar-refractivity contribution in [2.24, 2.45) is 0 Å². The van der Waals surface area contributed by atoms with Crippen molar-refractivity contribution in [3.05, 3.63) is 52.2 Å². The van der Waals surface area contributed by atoms with Gasteiger partial charge in [0, 0.05) is 11.6 Å². The number of hydrogen-bond acceptors (Lipinski definition) is 6. The first-order chi connectivity index (χ1) is 12.1. The molecule has 0 saturated heterocycles. The summed E-state index contributed by atoms with van der Waals surface area (Å²) in [4.78, 5) is 24.1. The van der Waals surface area contributed by atoms with Crippen molar-refractivity contribution in [1.82, 2.24) is 0 Å². The second-order valence-electron chi connectivity index (χ2n) is 5.22. The van der Waals surface area contributed by atoms with E-state index in [9.17, 15) is 9.59 Å². The highest BCUT2D eigenvalue weighted by atomic mass is 16.5. The number of hydrogen-bond donors (Lipinski definition) is 0. The van der Waals surface area contributed by atoms with Gasteiger partial charge in [0.1, 0.15) is 17.1 Å². The third-order valence-corrected chi connectivity index (χ3v) is 3.89. The van der Waals surface area contributed by atoms with Crippen LogP contribution in [0.25, 0.3) is 22.3 Å². The molecular formula is C19H16O6. The van der Waals surface area contributed by atoms with Crippen LogP contribution in [0.2, 0.25) is 0 Å². The molecule has 0 bridgehead atoms. The van der Waals surface area contributed by atoms with Gasteiger partial charge in [-0.3, -0.25) is 9.59 Å². The Morgan fingerprint density at radius 2 is 1.68 bits per heavy atom. The first kappa shape index (κ1) is 16.6. The van der Waals surface area contributed by atoms with Gasteiger partial charge in [0.15, 0.2) is 28.8 Å². The highest BCUT2D eigenvalue weighted by Gasteiger charge is 2.19. The minimum absolute atomic E-state index is 0.129. The van der Waals surface area contributed by atoms with E-state index in [4.69, 9.17) is 18.6 Å². The molecule has 0 fully saturated rings. The molecule has 0 aliphatic heterocycles. The summed E-state index contributed by atoms with van der Waals surface area (Å²) >= 11 is 0. The van der Waals surface area contributed by atoms with Crippen LogP contribution in [0.3, 0.4) is 0 Å². The molecular weight excluding hydrogens is 324 g/mol. The molecule has 1 heterocycles. The zero-order chi connectivity index (χ0) is 18.0. The molecule has 0 spiro atoms. The van der Waals surface area contributed by atoms with E-state index >= 15 is 0 Å². The first-order valence-corrected chi connectivity index (χ1v) is 7.45. The second kappa shape index (κ2) is 6.68. The normalized spacial score (nSPS) is 10.5. The van der Waals surface area contributed by atoms with Gasteiger partial charge in [-0.05, 0) is 30.3 Å². The van der Waals surface area contributed by atoms with Crippen molar-refractivity contribution >= 4 is 17.3 Å². The molecule has 128 valence electrons. The van der Waals surface area contributed by atoms with Crippen LogP contribution in [-0.4, -0.2) is 27.6 Å². The zero-order valence-electron chi connectivity index (χ0n) is 14.0. The molecule has 6 heteroatoms. The van der Waals surface area contributed by atoms with Crippen LogP contribution in [-0.2, 0) is 0 Å². The summed E-state index contributed by atoms with van der Waals surface area (Å²) < 4.78 is 21.4. The van der Waals surface area contributed by atoms with E-state index in [0.717, 1.165) is 0 Å². The number of aldehydes is 1. The monoisotopic (exact) mass is 340 g/mol. The molecule has 25 heavy (non-hydrogen) atoms. The average Bonchev–Trinajstić information content (AvgIpc) is 2.66. The highest BCUT2D eigenvalue weighted by Crippen LogP contribution is 2.36. The molecule has 0 N–H and O–H groups in total. The average molecular weight is 340 g/mol. The van der Waals surface area contributed by atoms with Crippen molar-refractivity contribution in [2.75, 3.05) is 21.3 Å². The highest BCUT2D eigenvalue weighted by molar-refractivity contribution is 5.99. The summed E-state index contributed by atoms with van der Waals surface area (Å²) in [6.45, 7) is 0. The lowest BCUT2D eigenvalue weighted by Gasteiger charge is -2.12. The van der Waals surface area contributed by atoms with E-state index in [1.54, 1.807) is 31.4 Å². The van der Waals surface area contributed by atoms with E-state index < -0.39 is 0 Å². The van der Waals surface area contributed by atoms with E-state index in [1.165, 1.54) is 26.4 Å². The van der Waals surface area contributed by atoms with Crippen LogP contribution < -0.4 is 19.6 Å². The quantitative estimate of drug-likeness (QED) is 0.664. The maximum Gasteiger partial charge on any atom is 0.193 e. The summed E-state index contributed by atoms with van der Waals surface area (Å²) in [6, 6.07) is 9.94. The molecule has 3 aromatic rings. The zero-order valence-corrected chi connectivity index (χ0v) is 14.0. The summed E-state index contributed by atoms with van der Waals surface area (Å²) in [6.07, 6.45) is 0.588. The Morgan fingerprint density at radius 1 is 0.960 bits per heavy atom. The molecule has 0 aliphatic carbocycles. The van der Waals surface area contributed by atoms with Crippen molar-refractivity contribution in [3.63, 3.8) is 0 Å². The number of benzene rings is 2. The fourth-order valence-corrected chi connectivity index (χ4v) is 2.64. The van der Waals surface area contributed by atoms with Crippen molar-refractivity contribution < 1.29 is 23.4 Å². The van der Waals surface area contributed by atoms with Gasteiger partial charge in [0.05, 0.1) is 26.7 Å². The standard InChI is InChI=1S/C19H16O6/c1-22-12-6-4-11(5-7-12)16-9-15(21)13-8-17(23-2)19(24-3)14(10-20)18(13)25-16/h4-10H,1-3H3. The summed E-state index contributed by atoms with van der Waals surface area (Å²) in [7, 11) is 4.43. The lowest BCUT2D eigenvalue weighted by molar-refractivity contribution is 0.112. The molecule has 0 aliphatic rings. The van der Waals surface area contributed by atoms with Crippen LogP contribution in [0, 0.1) is 0 Å². The van der Waals surface area contributed by atoms with E-state index in [0.29, 0.717) is 29.1 Å². The Hall–Kier alpha value is -3.28. The summed E-state index contributed by atoms with van der Waals surface area (Å²) in [5.41, 5.74) is 0.692. The van der Waals surface area contributed by atoms with E-state index in [2.05, 4.69) is 0 Å². The molecule has 1 aromatic heterocycles. The number of fused-ring (bicyclic) bond motifs is 1. The van der Waals surface area contributed by atoms with E-state index in [-0.39, 0.29) is 27.7 Å². The SMILES string of the molecule is COc1ccc(-c2cc(=O)c3cc(OC)c(OC)c(C=O)c3o2)cc1. The molecule has 3 rings (SSSR count). The number of carbonyl (C=O) groups excluding carboxylic acids is 1. The summed E-state index contributed by atoms with van der Waals surface area (Å²) in [5.74, 6) is 1.55. The topological polar surface area (TPSA) is 75.0 Å². The Balaban J connectivity index is 2.30. The van der Waals surface area contributed by atoms with Crippen LogP contribution in [0.15, 0.2) is 45.6 Å². The van der Waals surface area contributed by atoms with E-state index in [1.807, 2.05) is 0 Å². The fraction of sp³-hybridized carbons (Fsp3) is 0.158. The first-order valence-electron chi connectivity index (χ1n) is 7.45. The van der Waals surface area contributed by atoms with Gasteiger partial charge in [0.25, 0.3) is 0 Å². The molecule has 0 unspecified atom stereocenters. The number of rotatable bonds is 5. The number of ether oxygens (including phenoxy) is 3. The minimum Gasteiger partial charge on any atom is -0.497 e. The molecule has 2 aromatic carbocycles. The maximum atomic E-state index is 12.5. The molecule has 0 saturated carbocycles. The van der Waals surface area contributed by atoms with Gasteiger partial charge in [-0.1, -0.05) is 0 Å². The van der Waals surface area contributed by atoms with Crippen molar-refractivity contribution in [3.8, 4) is 28.6 Å². The van der Waals surface area contributed by atoms with Gasteiger partial charge >= 0.3 is 0 Å². The molecule has 0 amide bonds. The predicted molar refractivity (Wildman–Crippen MR) is 93.0 cm³/mol.